The van der Waals surface area contributed by atoms with E-state index in [0.29, 0.717) is 0 Å². The molecule has 0 rings (SSSR count). The molecule has 0 unspecified atom stereocenters. The lowest BCUT2D eigenvalue weighted by molar-refractivity contribution is 0.637. The Morgan fingerprint density at radius 1 is 0.722 bits per heavy atom. The summed E-state index contributed by atoms with van der Waals surface area (Å²) in [4.78, 5) is 0. The third-order valence-electron chi connectivity index (χ3n) is 2.97. The van der Waals surface area contributed by atoms with Gasteiger partial charge in [0.1, 0.15) is 0 Å². The zero-order valence-electron chi connectivity index (χ0n) is 12.8. The molecule has 0 fully saturated rings. The van der Waals surface area contributed by atoms with Gasteiger partial charge in [-0.3, -0.25) is 0 Å². The highest BCUT2D eigenvalue weighted by Gasteiger charge is 1.85. The Kier molecular flexibility index (Phi) is 13.7. The van der Waals surface area contributed by atoms with E-state index in [4.69, 9.17) is 0 Å². The molecule has 0 aliphatic carbocycles. The predicted octanol–water partition coefficient (Wildman–Crippen LogP) is 6.60. The molecule has 0 saturated carbocycles. The molecule has 0 heteroatoms. The van der Waals surface area contributed by atoms with E-state index in [1.165, 1.54) is 56.9 Å². The molecule has 0 saturated heterocycles. The summed E-state index contributed by atoms with van der Waals surface area (Å²) in [5.74, 6) is 0. The zero-order valence-corrected chi connectivity index (χ0v) is 12.8. The van der Waals surface area contributed by atoms with Gasteiger partial charge < -0.3 is 0 Å². The predicted molar refractivity (Wildman–Crippen MR) is 84.9 cm³/mol. The second-order valence-corrected chi connectivity index (χ2v) is 5.24. The molecule has 104 valence electrons. The van der Waals surface area contributed by atoms with Crippen molar-refractivity contribution in [1.29, 1.82) is 0 Å². The molecule has 0 spiro atoms. The molecule has 0 amide bonds. The maximum atomic E-state index is 2.34. The van der Waals surface area contributed by atoms with Crippen LogP contribution in [-0.2, 0) is 0 Å². The minimum atomic E-state index is 1.10. The first kappa shape index (κ1) is 17.2. The van der Waals surface area contributed by atoms with Crippen LogP contribution in [0.2, 0.25) is 0 Å². The van der Waals surface area contributed by atoms with Crippen molar-refractivity contribution >= 4 is 0 Å². The molecular weight excluding hydrogens is 216 g/mol. The van der Waals surface area contributed by atoms with Crippen LogP contribution in [0.1, 0.15) is 78.6 Å². The number of allylic oxidation sites excluding steroid dienone is 6. The SMILES string of the molecule is CCCCCCC/C=C/C/C=C/CCC=C(C)C. The van der Waals surface area contributed by atoms with Crippen LogP contribution in [0.5, 0.6) is 0 Å². The van der Waals surface area contributed by atoms with Crippen molar-refractivity contribution in [2.45, 2.75) is 78.6 Å². The molecular formula is C18H32. The molecule has 0 radical (unpaired) electrons. The molecule has 0 bridgehead atoms. The van der Waals surface area contributed by atoms with E-state index in [2.05, 4.69) is 51.2 Å². The minimum Gasteiger partial charge on any atom is -0.0882 e. The maximum absolute atomic E-state index is 2.34. The van der Waals surface area contributed by atoms with Gasteiger partial charge in [0, 0.05) is 0 Å². The van der Waals surface area contributed by atoms with E-state index >= 15 is 0 Å². The van der Waals surface area contributed by atoms with E-state index in [0.717, 1.165) is 6.42 Å². The summed E-state index contributed by atoms with van der Waals surface area (Å²) in [7, 11) is 0. The Labute approximate surface area is 115 Å². The van der Waals surface area contributed by atoms with Crippen molar-refractivity contribution in [2.24, 2.45) is 0 Å². The van der Waals surface area contributed by atoms with Crippen LogP contribution in [0.4, 0.5) is 0 Å². The third-order valence-corrected chi connectivity index (χ3v) is 2.97. The quantitative estimate of drug-likeness (QED) is 0.285. The number of hydrogen-bond acceptors (Lipinski definition) is 0. The first-order chi connectivity index (χ1) is 8.77. The average Bonchev–Trinajstić information content (AvgIpc) is 2.34. The first-order valence-corrected chi connectivity index (χ1v) is 7.70. The van der Waals surface area contributed by atoms with Crippen LogP contribution >= 0.6 is 0 Å². The van der Waals surface area contributed by atoms with Crippen molar-refractivity contribution in [2.75, 3.05) is 0 Å². The van der Waals surface area contributed by atoms with Gasteiger partial charge in [-0.1, -0.05) is 68.6 Å². The van der Waals surface area contributed by atoms with Gasteiger partial charge in [0.2, 0.25) is 0 Å². The normalized spacial score (nSPS) is 11.5. The Hall–Kier alpha value is -0.780. The highest BCUT2D eigenvalue weighted by Crippen LogP contribution is 2.05. The second kappa shape index (κ2) is 14.3. The highest BCUT2D eigenvalue weighted by atomic mass is 13.9. The van der Waals surface area contributed by atoms with Gasteiger partial charge in [0.25, 0.3) is 0 Å². The molecule has 18 heavy (non-hydrogen) atoms. The fraction of sp³-hybridized carbons (Fsp3) is 0.667. The summed E-state index contributed by atoms with van der Waals surface area (Å²) in [5, 5.41) is 0. The molecule has 0 heterocycles. The summed E-state index contributed by atoms with van der Waals surface area (Å²) < 4.78 is 0. The molecule has 0 atom stereocenters. The van der Waals surface area contributed by atoms with Gasteiger partial charge in [-0.2, -0.15) is 0 Å². The summed E-state index contributed by atoms with van der Waals surface area (Å²) in [6.07, 6.45) is 23.2. The van der Waals surface area contributed by atoms with Crippen LogP contribution in [-0.4, -0.2) is 0 Å². The van der Waals surface area contributed by atoms with Crippen molar-refractivity contribution in [1.82, 2.24) is 0 Å². The van der Waals surface area contributed by atoms with Crippen LogP contribution in [0.25, 0.3) is 0 Å². The highest BCUT2D eigenvalue weighted by molar-refractivity contribution is 4.97. The molecule has 0 aliphatic rings. The van der Waals surface area contributed by atoms with E-state index < -0.39 is 0 Å². The third kappa shape index (κ3) is 15.2. The van der Waals surface area contributed by atoms with Crippen LogP contribution < -0.4 is 0 Å². The topological polar surface area (TPSA) is 0 Å². The smallest absolute Gasteiger partial charge is 0.0169 e. The number of rotatable bonds is 11. The molecule has 0 nitrogen and oxygen atoms in total. The van der Waals surface area contributed by atoms with Crippen LogP contribution in [0, 0.1) is 0 Å². The van der Waals surface area contributed by atoms with Gasteiger partial charge in [-0.25, -0.2) is 0 Å². The average molecular weight is 248 g/mol. The standard InChI is InChI=1S/C18H32/c1-4-5-6-7-8-9-10-11-12-13-14-15-16-17-18(2)3/h10-11,13-14,17H,4-9,12,15-16H2,1-3H3/b11-10+,14-13+. The van der Waals surface area contributed by atoms with E-state index in [9.17, 15) is 0 Å². The molecule has 0 N–H and O–H groups in total. The monoisotopic (exact) mass is 248 g/mol. The molecule has 0 aromatic rings. The van der Waals surface area contributed by atoms with Crippen molar-refractivity contribution in [3.05, 3.63) is 36.0 Å². The Bertz CT molecular complexity index is 239. The summed E-state index contributed by atoms with van der Waals surface area (Å²) in [6, 6.07) is 0. The minimum absolute atomic E-state index is 1.10. The number of hydrogen-bond donors (Lipinski definition) is 0. The lowest BCUT2D eigenvalue weighted by Crippen LogP contribution is -1.75. The Balaban J connectivity index is 3.26. The van der Waals surface area contributed by atoms with Crippen LogP contribution in [0.3, 0.4) is 0 Å². The van der Waals surface area contributed by atoms with Crippen molar-refractivity contribution in [3.8, 4) is 0 Å². The summed E-state index contributed by atoms with van der Waals surface area (Å²) >= 11 is 0. The zero-order chi connectivity index (χ0) is 13.5. The number of unbranched alkanes of at least 4 members (excludes halogenated alkanes) is 6. The first-order valence-electron chi connectivity index (χ1n) is 7.70. The maximum Gasteiger partial charge on any atom is -0.0169 e. The largest absolute Gasteiger partial charge is 0.0882 e. The second-order valence-electron chi connectivity index (χ2n) is 5.24. The van der Waals surface area contributed by atoms with Crippen LogP contribution in [0.15, 0.2) is 36.0 Å². The van der Waals surface area contributed by atoms with Gasteiger partial charge in [0.05, 0.1) is 0 Å². The van der Waals surface area contributed by atoms with Crippen molar-refractivity contribution in [3.63, 3.8) is 0 Å². The molecule has 0 aliphatic heterocycles. The van der Waals surface area contributed by atoms with E-state index in [1.807, 2.05) is 0 Å². The fourth-order valence-electron chi connectivity index (χ4n) is 1.84. The molecule has 0 aromatic carbocycles. The van der Waals surface area contributed by atoms with Gasteiger partial charge >= 0.3 is 0 Å². The van der Waals surface area contributed by atoms with E-state index in [1.54, 1.807) is 0 Å². The van der Waals surface area contributed by atoms with Gasteiger partial charge in [0.15, 0.2) is 0 Å². The lowest BCUT2D eigenvalue weighted by atomic mass is 10.1. The molecule has 0 aromatic heterocycles. The lowest BCUT2D eigenvalue weighted by Gasteiger charge is -1.95. The Morgan fingerprint density at radius 2 is 1.39 bits per heavy atom. The van der Waals surface area contributed by atoms with Gasteiger partial charge in [-0.05, 0) is 46.0 Å². The summed E-state index contributed by atoms with van der Waals surface area (Å²) in [6.45, 7) is 6.59. The Morgan fingerprint density at radius 3 is 2.06 bits per heavy atom. The van der Waals surface area contributed by atoms with Crippen molar-refractivity contribution < 1.29 is 0 Å². The van der Waals surface area contributed by atoms with Gasteiger partial charge in [-0.15, -0.1) is 0 Å². The fourth-order valence-corrected chi connectivity index (χ4v) is 1.84. The van der Waals surface area contributed by atoms with E-state index in [-0.39, 0.29) is 0 Å². The summed E-state index contributed by atoms with van der Waals surface area (Å²) in [5.41, 5.74) is 1.42.